The average Bonchev–Trinajstić information content (AvgIpc) is 3.02. The lowest BCUT2D eigenvalue weighted by atomic mass is 10.1. The van der Waals surface area contributed by atoms with Crippen LogP contribution in [-0.4, -0.2) is 31.2 Å². The van der Waals surface area contributed by atoms with E-state index in [1.165, 1.54) is 11.8 Å². The summed E-state index contributed by atoms with van der Waals surface area (Å²) in [7, 11) is 0. The molecule has 0 fully saturated rings. The third-order valence-corrected chi connectivity index (χ3v) is 5.16. The Hall–Kier alpha value is -2.18. The van der Waals surface area contributed by atoms with Gasteiger partial charge in [-0.2, -0.15) is 4.68 Å². The molecule has 0 radical (unpaired) electrons. The van der Waals surface area contributed by atoms with Gasteiger partial charge in [0.25, 0.3) is 0 Å². The van der Waals surface area contributed by atoms with Crippen LogP contribution in [0.25, 0.3) is 5.69 Å². The number of hydrogen-bond donors (Lipinski definition) is 0. The van der Waals surface area contributed by atoms with Crippen molar-refractivity contribution in [1.29, 1.82) is 0 Å². The Morgan fingerprint density at radius 3 is 2.40 bits per heavy atom. The topological polar surface area (TPSA) is 60.7 Å². The zero-order valence-electron chi connectivity index (χ0n) is 14.1. The van der Waals surface area contributed by atoms with Gasteiger partial charge in [-0.25, -0.2) is 0 Å². The second-order valence-electron chi connectivity index (χ2n) is 5.74. The van der Waals surface area contributed by atoms with Crippen molar-refractivity contribution >= 4 is 29.1 Å². The number of Topliss-reactive ketones (excluding diaryl/α,β-unsaturated/α-hetero) is 1. The van der Waals surface area contributed by atoms with Gasteiger partial charge in [0.15, 0.2) is 5.78 Å². The van der Waals surface area contributed by atoms with Crippen molar-refractivity contribution in [3.63, 3.8) is 0 Å². The van der Waals surface area contributed by atoms with Crippen LogP contribution in [0.5, 0.6) is 0 Å². The molecule has 128 valence electrons. The average molecular weight is 373 g/mol. The first-order valence-electron chi connectivity index (χ1n) is 7.79. The van der Waals surface area contributed by atoms with E-state index >= 15 is 0 Å². The summed E-state index contributed by atoms with van der Waals surface area (Å²) in [6.07, 6.45) is 0. The van der Waals surface area contributed by atoms with Crippen LogP contribution in [0.2, 0.25) is 5.02 Å². The first-order chi connectivity index (χ1) is 12.0. The minimum Gasteiger partial charge on any atom is -0.293 e. The Kier molecular flexibility index (Phi) is 5.20. The van der Waals surface area contributed by atoms with Gasteiger partial charge in [0.1, 0.15) is 0 Å². The molecule has 0 saturated carbocycles. The molecule has 0 spiro atoms. The Bertz CT molecular complexity index is 887. The van der Waals surface area contributed by atoms with Crippen LogP contribution in [0.1, 0.15) is 28.4 Å². The first-order valence-corrected chi connectivity index (χ1v) is 9.04. The highest BCUT2D eigenvalue weighted by Gasteiger charge is 2.21. The van der Waals surface area contributed by atoms with Gasteiger partial charge in [-0.05, 0) is 66.6 Å². The fourth-order valence-electron chi connectivity index (χ4n) is 2.59. The minimum absolute atomic E-state index is 0.0118. The van der Waals surface area contributed by atoms with Crippen LogP contribution in [0.15, 0.2) is 47.6 Å². The van der Waals surface area contributed by atoms with Crippen molar-refractivity contribution in [2.45, 2.75) is 31.2 Å². The van der Waals surface area contributed by atoms with E-state index in [4.69, 9.17) is 11.6 Å². The molecule has 0 aliphatic heterocycles. The van der Waals surface area contributed by atoms with E-state index in [0.29, 0.717) is 15.7 Å². The van der Waals surface area contributed by atoms with E-state index in [2.05, 4.69) is 15.5 Å². The smallest absolute Gasteiger partial charge is 0.214 e. The van der Waals surface area contributed by atoms with Gasteiger partial charge in [0.2, 0.25) is 5.16 Å². The molecule has 0 bridgehead atoms. The molecule has 3 rings (SSSR count). The highest BCUT2D eigenvalue weighted by atomic mass is 35.5. The number of nitrogens with zero attached hydrogens (tertiary/aromatic N) is 4. The largest absolute Gasteiger partial charge is 0.293 e. The lowest BCUT2D eigenvalue weighted by molar-refractivity contribution is 0.0994. The number of ketones is 1. The molecule has 0 aliphatic carbocycles. The Morgan fingerprint density at radius 2 is 1.76 bits per heavy atom. The molecule has 2 aromatic carbocycles. The molecule has 0 amide bonds. The third kappa shape index (κ3) is 3.75. The van der Waals surface area contributed by atoms with Gasteiger partial charge in [-0.15, -0.1) is 5.10 Å². The molecule has 3 aromatic rings. The number of tetrazole rings is 1. The number of aromatic nitrogens is 4. The Balaban J connectivity index is 1.86. The van der Waals surface area contributed by atoms with Gasteiger partial charge in [0.05, 0.1) is 10.9 Å². The fraction of sp³-hybridized carbons (Fsp3) is 0.222. The van der Waals surface area contributed by atoms with E-state index in [1.54, 1.807) is 28.9 Å². The van der Waals surface area contributed by atoms with Gasteiger partial charge < -0.3 is 0 Å². The summed E-state index contributed by atoms with van der Waals surface area (Å²) in [5, 5.41) is 12.9. The number of rotatable bonds is 5. The van der Waals surface area contributed by atoms with Crippen molar-refractivity contribution in [2.75, 3.05) is 0 Å². The van der Waals surface area contributed by atoms with E-state index < -0.39 is 0 Å². The van der Waals surface area contributed by atoms with Gasteiger partial charge in [-0.1, -0.05) is 41.6 Å². The highest BCUT2D eigenvalue weighted by molar-refractivity contribution is 8.00. The van der Waals surface area contributed by atoms with Gasteiger partial charge in [0, 0.05) is 10.6 Å². The van der Waals surface area contributed by atoms with Crippen LogP contribution < -0.4 is 0 Å². The molecule has 0 saturated heterocycles. The minimum atomic E-state index is -0.324. The summed E-state index contributed by atoms with van der Waals surface area (Å²) in [6, 6.07) is 12.9. The first kappa shape index (κ1) is 17.6. The monoisotopic (exact) mass is 372 g/mol. The van der Waals surface area contributed by atoms with Crippen LogP contribution in [-0.2, 0) is 0 Å². The van der Waals surface area contributed by atoms with Crippen LogP contribution in [0.3, 0.4) is 0 Å². The van der Waals surface area contributed by atoms with E-state index in [-0.39, 0.29) is 11.0 Å². The lowest BCUT2D eigenvalue weighted by Gasteiger charge is -2.13. The maximum Gasteiger partial charge on any atom is 0.214 e. The number of halogens is 1. The van der Waals surface area contributed by atoms with E-state index in [9.17, 15) is 4.79 Å². The number of carbonyl (C=O) groups excluding carboxylic acids is 1. The van der Waals surface area contributed by atoms with E-state index in [1.807, 2.05) is 39.0 Å². The van der Waals surface area contributed by atoms with Crippen molar-refractivity contribution in [3.05, 3.63) is 64.2 Å². The number of para-hydroxylation sites is 1. The van der Waals surface area contributed by atoms with E-state index in [0.717, 1.165) is 16.8 Å². The maximum absolute atomic E-state index is 12.6. The van der Waals surface area contributed by atoms with Crippen molar-refractivity contribution in [3.8, 4) is 5.69 Å². The summed E-state index contributed by atoms with van der Waals surface area (Å²) in [4.78, 5) is 12.6. The predicted octanol–water partition coefficient (Wildman–Crippen LogP) is 4.30. The molecule has 0 aliphatic rings. The zero-order chi connectivity index (χ0) is 18.0. The molecule has 5 nitrogen and oxygen atoms in total. The molecule has 7 heteroatoms. The van der Waals surface area contributed by atoms with Crippen molar-refractivity contribution < 1.29 is 4.79 Å². The number of hydrogen-bond acceptors (Lipinski definition) is 5. The van der Waals surface area contributed by atoms with Gasteiger partial charge in [-0.3, -0.25) is 4.79 Å². The number of aryl methyl sites for hydroxylation is 2. The quantitative estimate of drug-likeness (QED) is 0.493. The molecular formula is C18H17ClN4OS. The standard InChI is InChI=1S/C18H17ClN4OS/c1-11-5-4-6-12(2)16(11)23-18(20-21-22-23)25-13(3)17(24)14-7-9-15(19)10-8-14/h4-10,13H,1-3H3/t13-/m0/s1. The van der Waals surface area contributed by atoms with Crippen molar-refractivity contribution in [2.24, 2.45) is 0 Å². The third-order valence-electron chi connectivity index (χ3n) is 3.87. The lowest BCUT2D eigenvalue weighted by Crippen LogP contribution is -2.15. The molecule has 1 heterocycles. The fourth-order valence-corrected chi connectivity index (χ4v) is 3.59. The second-order valence-corrected chi connectivity index (χ2v) is 7.49. The molecule has 0 N–H and O–H groups in total. The predicted molar refractivity (Wildman–Crippen MR) is 99.7 cm³/mol. The summed E-state index contributed by atoms with van der Waals surface area (Å²) in [5.41, 5.74) is 3.72. The Labute approximate surface area is 155 Å². The summed E-state index contributed by atoms with van der Waals surface area (Å²) < 4.78 is 1.70. The Morgan fingerprint density at radius 1 is 1.12 bits per heavy atom. The summed E-state index contributed by atoms with van der Waals surface area (Å²) in [5.74, 6) is 0.0118. The molecular weight excluding hydrogens is 356 g/mol. The van der Waals surface area contributed by atoms with Crippen LogP contribution in [0.4, 0.5) is 0 Å². The maximum atomic E-state index is 12.6. The van der Waals surface area contributed by atoms with Crippen LogP contribution >= 0.6 is 23.4 Å². The molecule has 1 aromatic heterocycles. The number of thioether (sulfide) groups is 1. The molecule has 0 unspecified atom stereocenters. The van der Waals surface area contributed by atoms with Gasteiger partial charge >= 0.3 is 0 Å². The summed E-state index contributed by atoms with van der Waals surface area (Å²) >= 11 is 7.22. The molecule has 1 atom stereocenters. The molecule has 25 heavy (non-hydrogen) atoms. The van der Waals surface area contributed by atoms with Crippen LogP contribution in [0, 0.1) is 13.8 Å². The van der Waals surface area contributed by atoms with Crippen molar-refractivity contribution in [1.82, 2.24) is 20.2 Å². The number of carbonyl (C=O) groups is 1. The number of benzene rings is 2. The SMILES string of the molecule is Cc1cccc(C)c1-n1nnnc1S[C@@H](C)C(=O)c1ccc(Cl)cc1. The normalized spacial score (nSPS) is 12.2. The zero-order valence-corrected chi connectivity index (χ0v) is 15.7. The highest BCUT2D eigenvalue weighted by Crippen LogP contribution is 2.28. The second kappa shape index (κ2) is 7.37. The summed E-state index contributed by atoms with van der Waals surface area (Å²) in [6.45, 7) is 5.88.